The minimum Gasteiger partial charge on any atom is -0.309 e. The minimum atomic E-state index is 0.0506. The van der Waals surface area contributed by atoms with Crippen molar-refractivity contribution in [1.82, 2.24) is 10.2 Å². The first-order valence-electron chi connectivity index (χ1n) is 7.07. The van der Waals surface area contributed by atoms with E-state index < -0.39 is 0 Å². The molecule has 1 heterocycles. The van der Waals surface area contributed by atoms with Gasteiger partial charge in [0.05, 0.1) is 0 Å². The fraction of sp³-hybridized carbons (Fsp3) is 0.438. The summed E-state index contributed by atoms with van der Waals surface area (Å²) in [4.78, 5) is 16.2. The number of carbonyl (C=O) groups excluding carboxylic acids is 1. The zero-order valence-electron chi connectivity index (χ0n) is 12.5. The summed E-state index contributed by atoms with van der Waals surface area (Å²) in [5.41, 5.74) is 3.59. The Labute approximate surface area is 121 Å². The maximum absolute atomic E-state index is 12.4. The van der Waals surface area contributed by atoms with E-state index in [0.717, 1.165) is 25.3 Å². The van der Waals surface area contributed by atoms with Crippen LogP contribution in [0.2, 0.25) is 0 Å². The fourth-order valence-electron chi connectivity index (χ4n) is 2.47. The van der Waals surface area contributed by atoms with Gasteiger partial charge in [-0.2, -0.15) is 0 Å². The Hall–Kier alpha value is -1.65. The van der Waals surface area contributed by atoms with Gasteiger partial charge in [-0.15, -0.1) is 0 Å². The number of nitrogens with one attached hydrogen (secondary N) is 1. The van der Waals surface area contributed by atoms with Crippen LogP contribution in [0.3, 0.4) is 0 Å². The molecule has 0 radical (unpaired) electrons. The summed E-state index contributed by atoms with van der Waals surface area (Å²) in [5, 5.41) is 3.34. The van der Waals surface area contributed by atoms with E-state index in [1.807, 2.05) is 49.0 Å². The van der Waals surface area contributed by atoms with Crippen LogP contribution in [0.25, 0.3) is 0 Å². The maximum Gasteiger partial charge on any atom is 0.250 e. The van der Waals surface area contributed by atoms with Gasteiger partial charge in [-0.1, -0.05) is 18.2 Å². The third kappa shape index (κ3) is 3.26. The number of nitrogens with zero attached hydrogens (tertiary/aromatic N) is 2. The van der Waals surface area contributed by atoms with Crippen molar-refractivity contribution in [2.24, 2.45) is 0 Å². The molecule has 0 aromatic heterocycles. The van der Waals surface area contributed by atoms with Crippen LogP contribution in [0, 0.1) is 0 Å². The number of hydrogen-bond donors (Lipinski definition) is 1. The molecule has 1 aliphatic rings. The molecule has 1 aromatic rings. The molecule has 0 aliphatic carbocycles. The molecular formula is C16H23N3O. The van der Waals surface area contributed by atoms with Crippen molar-refractivity contribution in [3.8, 4) is 0 Å². The van der Waals surface area contributed by atoms with Gasteiger partial charge in [-0.3, -0.25) is 4.79 Å². The summed E-state index contributed by atoms with van der Waals surface area (Å²) in [6.07, 6.45) is 3.58. The van der Waals surface area contributed by atoms with Gasteiger partial charge >= 0.3 is 0 Å². The average Bonchev–Trinajstić information content (AvgIpc) is 2.88. The standard InChI is InChI=1S/C16H23N3O/c1-4-19(16(20)9-6-10-18(2)3)15-8-5-7-13-11-17-12-14(13)15/h5-9,17H,4,10-12H2,1-3H3/b9-6+. The first-order chi connectivity index (χ1) is 9.63. The highest BCUT2D eigenvalue weighted by atomic mass is 16.2. The third-order valence-corrected chi connectivity index (χ3v) is 3.47. The number of fused-ring (bicyclic) bond motifs is 1. The van der Waals surface area contributed by atoms with Crippen LogP contribution in [0.4, 0.5) is 5.69 Å². The van der Waals surface area contributed by atoms with Crippen LogP contribution >= 0.6 is 0 Å². The number of hydrogen-bond acceptors (Lipinski definition) is 3. The third-order valence-electron chi connectivity index (χ3n) is 3.47. The molecule has 108 valence electrons. The Morgan fingerprint density at radius 1 is 1.35 bits per heavy atom. The van der Waals surface area contributed by atoms with Gasteiger partial charge in [0.1, 0.15) is 0 Å². The number of rotatable bonds is 5. The Balaban J connectivity index is 2.18. The Morgan fingerprint density at radius 2 is 2.15 bits per heavy atom. The van der Waals surface area contributed by atoms with E-state index in [1.165, 1.54) is 11.1 Å². The molecule has 0 atom stereocenters. The smallest absolute Gasteiger partial charge is 0.250 e. The van der Waals surface area contributed by atoms with Gasteiger partial charge in [-0.05, 0) is 38.2 Å². The topological polar surface area (TPSA) is 35.6 Å². The van der Waals surface area contributed by atoms with Gasteiger partial charge < -0.3 is 15.1 Å². The summed E-state index contributed by atoms with van der Waals surface area (Å²) >= 11 is 0. The number of likely N-dealkylation sites (N-methyl/N-ethyl adjacent to an activating group) is 2. The van der Waals surface area contributed by atoms with E-state index in [4.69, 9.17) is 0 Å². The predicted molar refractivity (Wildman–Crippen MR) is 82.7 cm³/mol. The monoisotopic (exact) mass is 273 g/mol. The second-order valence-corrected chi connectivity index (χ2v) is 5.27. The lowest BCUT2D eigenvalue weighted by Gasteiger charge is -2.22. The van der Waals surface area contributed by atoms with Crippen molar-refractivity contribution < 1.29 is 4.79 Å². The molecule has 0 saturated carbocycles. The van der Waals surface area contributed by atoms with Crippen LogP contribution < -0.4 is 10.2 Å². The Morgan fingerprint density at radius 3 is 2.85 bits per heavy atom. The molecule has 1 aromatic carbocycles. The first kappa shape index (κ1) is 14.8. The van der Waals surface area contributed by atoms with E-state index in [9.17, 15) is 4.79 Å². The summed E-state index contributed by atoms with van der Waals surface area (Å²) in [6.45, 7) is 5.21. The van der Waals surface area contributed by atoms with Crippen molar-refractivity contribution in [1.29, 1.82) is 0 Å². The van der Waals surface area contributed by atoms with Gasteiger partial charge in [-0.25, -0.2) is 0 Å². The van der Waals surface area contributed by atoms with Crippen LogP contribution in [0.15, 0.2) is 30.4 Å². The van der Waals surface area contributed by atoms with Gasteiger partial charge in [0.2, 0.25) is 0 Å². The fourth-order valence-corrected chi connectivity index (χ4v) is 2.47. The molecule has 1 N–H and O–H groups in total. The molecule has 4 heteroatoms. The quantitative estimate of drug-likeness (QED) is 0.830. The lowest BCUT2D eigenvalue weighted by Crippen LogP contribution is -2.30. The highest BCUT2D eigenvalue weighted by molar-refractivity contribution is 6.02. The minimum absolute atomic E-state index is 0.0506. The second-order valence-electron chi connectivity index (χ2n) is 5.27. The molecular weight excluding hydrogens is 250 g/mol. The van der Waals surface area contributed by atoms with Gasteiger partial charge in [0.25, 0.3) is 5.91 Å². The highest BCUT2D eigenvalue weighted by Gasteiger charge is 2.19. The molecule has 20 heavy (non-hydrogen) atoms. The van der Waals surface area contributed by atoms with E-state index in [-0.39, 0.29) is 5.91 Å². The SMILES string of the molecule is CCN(C(=O)/C=C/CN(C)C)c1cccc2c1CNC2. The molecule has 0 unspecified atom stereocenters. The summed E-state index contributed by atoms with van der Waals surface area (Å²) < 4.78 is 0. The van der Waals surface area contributed by atoms with E-state index in [1.54, 1.807) is 6.08 Å². The van der Waals surface area contributed by atoms with Crippen molar-refractivity contribution in [3.63, 3.8) is 0 Å². The number of anilines is 1. The van der Waals surface area contributed by atoms with Crippen molar-refractivity contribution in [2.75, 3.05) is 32.1 Å². The zero-order chi connectivity index (χ0) is 14.5. The summed E-state index contributed by atoms with van der Waals surface area (Å²) in [6, 6.07) is 6.19. The van der Waals surface area contributed by atoms with Crippen molar-refractivity contribution in [3.05, 3.63) is 41.5 Å². The molecule has 1 amide bonds. The van der Waals surface area contributed by atoms with Crippen LogP contribution in [0.5, 0.6) is 0 Å². The van der Waals surface area contributed by atoms with E-state index >= 15 is 0 Å². The zero-order valence-corrected chi connectivity index (χ0v) is 12.5. The Kier molecular flexibility index (Phi) is 4.93. The van der Waals surface area contributed by atoms with Crippen molar-refractivity contribution >= 4 is 11.6 Å². The number of amides is 1. The molecule has 2 rings (SSSR count). The van der Waals surface area contributed by atoms with Crippen molar-refractivity contribution in [2.45, 2.75) is 20.0 Å². The normalized spacial score (nSPS) is 14.0. The van der Waals surface area contributed by atoms with E-state index in [0.29, 0.717) is 6.54 Å². The van der Waals surface area contributed by atoms with Crippen LogP contribution in [-0.2, 0) is 17.9 Å². The lowest BCUT2D eigenvalue weighted by molar-refractivity contribution is -0.114. The number of carbonyl (C=O) groups is 1. The molecule has 0 fully saturated rings. The maximum atomic E-state index is 12.4. The first-order valence-corrected chi connectivity index (χ1v) is 7.07. The summed E-state index contributed by atoms with van der Waals surface area (Å²) in [7, 11) is 3.98. The number of benzene rings is 1. The molecule has 0 bridgehead atoms. The predicted octanol–water partition coefficient (Wildman–Crippen LogP) is 1.76. The second kappa shape index (κ2) is 6.68. The molecule has 0 saturated heterocycles. The molecule has 0 spiro atoms. The summed E-state index contributed by atoms with van der Waals surface area (Å²) in [5.74, 6) is 0.0506. The lowest BCUT2D eigenvalue weighted by atomic mass is 10.1. The average molecular weight is 273 g/mol. The Bertz CT molecular complexity index is 508. The molecule has 1 aliphatic heterocycles. The van der Waals surface area contributed by atoms with Crippen LogP contribution in [0.1, 0.15) is 18.1 Å². The molecule has 4 nitrogen and oxygen atoms in total. The van der Waals surface area contributed by atoms with Crippen LogP contribution in [-0.4, -0.2) is 38.0 Å². The van der Waals surface area contributed by atoms with Gasteiger partial charge in [0, 0.05) is 37.9 Å². The van der Waals surface area contributed by atoms with E-state index in [2.05, 4.69) is 11.4 Å². The van der Waals surface area contributed by atoms with Gasteiger partial charge in [0.15, 0.2) is 0 Å². The highest BCUT2D eigenvalue weighted by Crippen LogP contribution is 2.27. The largest absolute Gasteiger partial charge is 0.309 e.